The normalized spacial score (nSPS) is 10.8. The Hall–Kier alpha value is 0.990. The van der Waals surface area contributed by atoms with Gasteiger partial charge in [0.1, 0.15) is 0 Å². The van der Waals surface area contributed by atoms with Gasteiger partial charge in [0.2, 0.25) is 0 Å². The molecule has 0 aliphatic rings. The van der Waals surface area contributed by atoms with E-state index in [2.05, 4.69) is 22.6 Å². The van der Waals surface area contributed by atoms with Crippen molar-refractivity contribution in [1.29, 1.82) is 0 Å². The molecule has 0 atom stereocenters. The molecule has 0 unspecified atom stereocenters. The molecule has 0 spiro atoms. The van der Waals surface area contributed by atoms with Gasteiger partial charge in [-0.05, 0) is 0 Å². The minimum absolute atomic E-state index is 0.295. The molecule has 20 heavy (non-hydrogen) atoms. The molecule has 0 aromatic carbocycles. The molecular weight excluding hydrogens is 479 g/mol. The van der Waals surface area contributed by atoms with Gasteiger partial charge in [0, 0.05) is 0 Å². The van der Waals surface area contributed by atoms with Crippen molar-refractivity contribution in [3.8, 4) is 0 Å². The number of halogens is 1. The van der Waals surface area contributed by atoms with Crippen LogP contribution >= 0.6 is 22.6 Å². The second-order valence-corrected chi connectivity index (χ2v) is 9.91. The van der Waals surface area contributed by atoms with Gasteiger partial charge in [-0.15, -0.1) is 0 Å². The van der Waals surface area contributed by atoms with E-state index in [1.807, 2.05) is 0 Å². The first-order chi connectivity index (χ1) is 9.77. The fourth-order valence-corrected chi connectivity index (χ4v) is 5.57. The molecule has 0 aliphatic carbocycles. The Balaban J connectivity index is 2.94. The molecule has 2 nitrogen and oxygen atoms in total. The Morgan fingerprint density at radius 2 is 1.20 bits per heavy atom. The Bertz CT molecular complexity index is 213. The van der Waals surface area contributed by atoms with Crippen LogP contribution in [-0.4, -0.2) is 36.4 Å². The van der Waals surface area contributed by atoms with Crippen LogP contribution in [0.2, 0.25) is 8.94 Å². The van der Waals surface area contributed by atoms with Crippen LogP contribution in [-0.2, 0) is 4.79 Å². The first-order valence-corrected chi connectivity index (χ1v) is 12.9. The second kappa shape index (κ2) is 18.0. The van der Waals surface area contributed by atoms with E-state index in [1.165, 1.54) is 71.2 Å². The van der Waals surface area contributed by atoms with Crippen LogP contribution in [0.1, 0.15) is 77.0 Å². The summed E-state index contributed by atoms with van der Waals surface area (Å²) in [5, 5.41) is 8.52. The van der Waals surface area contributed by atoms with Gasteiger partial charge in [-0.1, -0.05) is 0 Å². The molecule has 0 aromatic heterocycles. The van der Waals surface area contributed by atoms with Crippen molar-refractivity contribution in [3.05, 3.63) is 0 Å². The molecule has 0 heterocycles. The summed E-state index contributed by atoms with van der Waals surface area (Å²) in [4.78, 5) is 10.3. The number of hydrogen-bond acceptors (Lipinski definition) is 1. The summed E-state index contributed by atoms with van der Waals surface area (Å²) in [6, 6.07) is 0. The molecule has 4 heteroatoms. The maximum absolute atomic E-state index is 10.3. The summed E-state index contributed by atoms with van der Waals surface area (Å²) in [5.74, 6) is -0.647. The molecule has 0 rings (SSSR count). The average molecular weight is 510 g/mol. The van der Waals surface area contributed by atoms with Crippen LogP contribution in [0.3, 0.4) is 0 Å². The zero-order valence-corrected chi connectivity index (χ0v) is 17.2. The Morgan fingerprint density at radius 1 is 0.750 bits per heavy atom. The zero-order chi connectivity index (χ0) is 14.9. The van der Waals surface area contributed by atoms with Gasteiger partial charge in [-0.2, -0.15) is 0 Å². The van der Waals surface area contributed by atoms with E-state index < -0.39 is 5.97 Å². The van der Waals surface area contributed by atoms with Gasteiger partial charge in [0.15, 0.2) is 0 Å². The quantitative estimate of drug-likeness (QED) is 0.125. The van der Waals surface area contributed by atoms with Crippen molar-refractivity contribution in [2.75, 3.05) is 4.43 Å². The summed E-state index contributed by atoms with van der Waals surface area (Å²) >= 11 is 2.76. The topological polar surface area (TPSA) is 37.3 Å². The number of carboxylic acid groups (broad SMARTS) is 1. The third kappa shape index (κ3) is 19.0. The summed E-state index contributed by atoms with van der Waals surface area (Å²) in [5.41, 5.74) is 0. The van der Waals surface area contributed by atoms with Crippen LogP contribution in [0, 0.1) is 0 Å². The number of unbranched alkanes of at least 4 members (excludes halogenated alkanes) is 9. The van der Waals surface area contributed by atoms with Gasteiger partial charge in [-0.3, -0.25) is 0 Å². The van der Waals surface area contributed by atoms with E-state index in [-0.39, 0.29) is 0 Å². The van der Waals surface area contributed by atoms with Crippen LogP contribution in [0.15, 0.2) is 0 Å². The number of rotatable bonds is 16. The average Bonchev–Trinajstić information content (AvgIpc) is 2.43. The van der Waals surface area contributed by atoms with E-state index in [1.54, 1.807) is 0 Å². The molecule has 0 aromatic rings. The van der Waals surface area contributed by atoms with Gasteiger partial charge in [-0.25, -0.2) is 0 Å². The predicted molar refractivity (Wildman–Crippen MR) is 97.3 cm³/mol. The Kier molecular flexibility index (Phi) is 18.9. The number of carboxylic acids is 1. The summed E-state index contributed by atoms with van der Waals surface area (Å²) in [7, 11) is 0. The van der Waals surface area contributed by atoms with Crippen molar-refractivity contribution in [1.82, 2.24) is 0 Å². The molecule has 0 fully saturated rings. The number of aliphatic carboxylic acids is 1. The monoisotopic (exact) mass is 512 g/mol. The third-order valence-corrected chi connectivity index (χ3v) is 7.41. The Morgan fingerprint density at radius 3 is 1.70 bits per heavy atom. The fourth-order valence-electron chi connectivity index (χ4n) is 2.12. The van der Waals surface area contributed by atoms with Crippen molar-refractivity contribution in [2.24, 2.45) is 0 Å². The molecule has 0 amide bonds. The van der Waals surface area contributed by atoms with Gasteiger partial charge < -0.3 is 0 Å². The number of alkyl halides is 1. The second-order valence-electron chi connectivity index (χ2n) is 5.33. The van der Waals surface area contributed by atoms with Crippen molar-refractivity contribution in [3.63, 3.8) is 0 Å². The van der Waals surface area contributed by atoms with Crippen molar-refractivity contribution < 1.29 is 9.90 Å². The zero-order valence-electron chi connectivity index (χ0n) is 12.7. The first-order valence-electron chi connectivity index (χ1n) is 8.13. The predicted octanol–water partition coefficient (Wildman–Crippen LogP) is 5.73. The summed E-state index contributed by atoms with van der Waals surface area (Å²) in [6.45, 7) is 0. The molecule has 0 aliphatic heterocycles. The number of hydrogen-bond donors (Lipinski definition) is 1. The molecule has 1 N–H and O–H groups in total. The van der Waals surface area contributed by atoms with Crippen molar-refractivity contribution >= 4 is 49.5 Å². The first kappa shape index (κ1) is 21.0. The van der Waals surface area contributed by atoms with E-state index in [4.69, 9.17) is 5.11 Å². The molecular formula is C16H31IO2Te. The van der Waals surface area contributed by atoms with E-state index in [9.17, 15) is 4.79 Å². The third-order valence-electron chi connectivity index (χ3n) is 3.35. The SMILES string of the molecule is O=C(O)CCCCCCC[Te]CCCCCCCCI. The summed E-state index contributed by atoms with van der Waals surface area (Å²) in [6.07, 6.45) is 14.9. The molecule has 0 saturated heterocycles. The van der Waals surface area contributed by atoms with E-state index >= 15 is 0 Å². The summed E-state index contributed by atoms with van der Waals surface area (Å²) < 4.78 is 4.36. The fraction of sp³-hybridized carbons (Fsp3) is 0.938. The van der Waals surface area contributed by atoms with Crippen LogP contribution in [0.5, 0.6) is 0 Å². The van der Waals surface area contributed by atoms with Gasteiger partial charge in [0.25, 0.3) is 0 Å². The standard InChI is InChI=1S/C16H31IO2Te/c17-13-9-5-1-2-6-10-14-20-15-11-7-3-4-8-12-16(18)19/h1-15H2,(H,18,19). The minimum atomic E-state index is -0.647. The van der Waals surface area contributed by atoms with Crippen LogP contribution < -0.4 is 0 Å². The molecule has 120 valence electrons. The van der Waals surface area contributed by atoms with Gasteiger partial charge >= 0.3 is 150 Å². The van der Waals surface area contributed by atoms with Gasteiger partial charge in [0.05, 0.1) is 0 Å². The van der Waals surface area contributed by atoms with Crippen LogP contribution in [0.25, 0.3) is 0 Å². The van der Waals surface area contributed by atoms with Crippen molar-refractivity contribution in [2.45, 2.75) is 86.0 Å². The Labute approximate surface area is 149 Å². The van der Waals surface area contributed by atoms with Crippen LogP contribution in [0.4, 0.5) is 0 Å². The molecule has 0 bridgehead atoms. The molecule has 0 radical (unpaired) electrons. The maximum atomic E-state index is 10.3. The molecule has 0 saturated carbocycles. The van der Waals surface area contributed by atoms with E-state index in [0.717, 1.165) is 12.8 Å². The number of carbonyl (C=O) groups is 1. The van der Waals surface area contributed by atoms with E-state index in [0.29, 0.717) is 27.3 Å².